The Balaban J connectivity index is 1.27. The Morgan fingerprint density at radius 3 is 2.39 bits per heavy atom. The van der Waals surface area contributed by atoms with Crippen LogP contribution >= 0.6 is 11.6 Å². The summed E-state index contributed by atoms with van der Waals surface area (Å²) in [4.78, 5) is 31.3. The standard InChI is InChI=1S/C30H36ClN5O2/c31-25-10-8-22(9-11-25)18-27(34-28(37)26-19-23-6-2-3-7-24(23)20-33-26)29(38)35-14-16-36(17-15-35)30(21-32)12-4-1-5-13-30/h2-3,6-11,26-27,33H,1,4-5,12-20H2,(H,34,37)/t26-,27-/m1/s1. The fourth-order valence-electron chi connectivity index (χ4n) is 6.18. The fourth-order valence-corrected chi connectivity index (χ4v) is 6.30. The van der Waals surface area contributed by atoms with Crippen molar-refractivity contribution in [3.05, 3.63) is 70.2 Å². The van der Waals surface area contributed by atoms with Crippen molar-refractivity contribution in [3.8, 4) is 6.07 Å². The molecule has 1 saturated carbocycles. The second-order valence-corrected chi connectivity index (χ2v) is 11.3. The zero-order chi connectivity index (χ0) is 26.5. The molecule has 0 unspecified atom stereocenters. The molecule has 0 bridgehead atoms. The van der Waals surface area contributed by atoms with Crippen LogP contribution in [0.4, 0.5) is 0 Å². The second kappa shape index (κ2) is 11.9. The molecule has 0 aromatic heterocycles. The molecule has 3 aliphatic rings. The Kier molecular flexibility index (Phi) is 8.32. The van der Waals surface area contributed by atoms with Gasteiger partial charge in [-0.1, -0.05) is 67.3 Å². The highest BCUT2D eigenvalue weighted by Crippen LogP contribution is 2.34. The van der Waals surface area contributed by atoms with Gasteiger partial charge in [0, 0.05) is 44.2 Å². The molecule has 2 aromatic carbocycles. The number of piperazine rings is 1. The summed E-state index contributed by atoms with van der Waals surface area (Å²) in [5.74, 6) is -0.227. The van der Waals surface area contributed by atoms with Crippen molar-refractivity contribution in [3.63, 3.8) is 0 Å². The number of carbonyl (C=O) groups excluding carboxylic acids is 2. The molecule has 0 radical (unpaired) electrons. The molecule has 1 aliphatic carbocycles. The summed E-state index contributed by atoms with van der Waals surface area (Å²) in [5, 5.41) is 17.0. The topological polar surface area (TPSA) is 88.5 Å². The Morgan fingerprint density at radius 1 is 1.03 bits per heavy atom. The van der Waals surface area contributed by atoms with E-state index in [9.17, 15) is 14.9 Å². The number of rotatable bonds is 6. The summed E-state index contributed by atoms with van der Waals surface area (Å²) in [6.45, 7) is 3.12. The zero-order valence-corrected chi connectivity index (χ0v) is 22.6. The van der Waals surface area contributed by atoms with Crippen LogP contribution in [0.15, 0.2) is 48.5 Å². The second-order valence-electron chi connectivity index (χ2n) is 10.8. The minimum Gasteiger partial charge on any atom is -0.343 e. The van der Waals surface area contributed by atoms with Crippen LogP contribution in [0.2, 0.25) is 5.02 Å². The zero-order valence-electron chi connectivity index (χ0n) is 21.8. The van der Waals surface area contributed by atoms with E-state index in [0.717, 1.165) is 36.8 Å². The van der Waals surface area contributed by atoms with Gasteiger partial charge in [0.15, 0.2) is 0 Å². The van der Waals surface area contributed by atoms with E-state index in [2.05, 4.69) is 33.7 Å². The van der Waals surface area contributed by atoms with Gasteiger partial charge >= 0.3 is 0 Å². The lowest BCUT2D eigenvalue weighted by molar-refractivity contribution is -0.139. The van der Waals surface area contributed by atoms with Crippen molar-refractivity contribution in [1.29, 1.82) is 5.26 Å². The first kappa shape index (κ1) is 26.7. The molecule has 5 rings (SSSR count). The highest BCUT2D eigenvalue weighted by Gasteiger charge is 2.41. The lowest BCUT2D eigenvalue weighted by Gasteiger charge is -2.46. The van der Waals surface area contributed by atoms with Crippen molar-refractivity contribution >= 4 is 23.4 Å². The third-order valence-electron chi connectivity index (χ3n) is 8.45. The number of amides is 2. The summed E-state index contributed by atoms with van der Waals surface area (Å²) < 4.78 is 0. The first-order valence-electron chi connectivity index (χ1n) is 13.8. The summed E-state index contributed by atoms with van der Waals surface area (Å²) in [6, 6.07) is 17.1. The average molecular weight is 534 g/mol. The number of nitrogens with one attached hydrogen (secondary N) is 2. The smallest absolute Gasteiger partial charge is 0.245 e. The third-order valence-corrected chi connectivity index (χ3v) is 8.70. The van der Waals surface area contributed by atoms with Gasteiger partial charge in [0.25, 0.3) is 0 Å². The molecule has 2 fully saturated rings. The quantitative estimate of drug-likeness (QED) is 0.594. The molecule has 200 valence electrons. The predicted molar refractivity (Wildman–Crippen MR) is 147 cm³/mol. The first-order chi connectivity index (χ1) is 18.5. The maximum Gasteiger partial charge on any atom is 0.245 e. The Hall–Kier alpha value is -2.92. The van der Waals surface area contributed by atoms with E-state index in [1.165, 1.54) is 12.0 Å². The normalized spacial score (nSPS) is 22.1. The van der Waals surface area contributed by atoms with Gasteiger partial charge in [-0.3, -0.25) is 14.5 Å². The van der Waals surface area contributed by atoms with E-state index in [-0.39, 0.29) is 17.9 Å². The van der Waals surface area contributed by atoms with Crippen LogP contribution < -0.4 is 10.6 Å². The van der Waals surface area contributed by atoms with Gasteiger partial charge in [-0.2, -0.15) is 5.26 Å². The van der Waals surface area contributed by atoms with Crippen molar-refractivity contribution in [2.75, 3.05) is 26.2 Å². The summed E-state index contributed by atoms with van der Waals surface area (Å²) in [7, 11) is 0. The number of halogens is 1. The molecule has 38 heavy (non-hydrogen) atoms. The van der Waals surface area contributed by atoms with E-state index < -0.39 is 11.6 Å². The number of nitrogens with zero attached hydrogens (tertiary/aromatic N) is 3. The van der Waals surface area contributed by atoms with Crippen LogP contribution in [0.1, 0.15) is 48.8 Å². The number of nitriles is 1. The molecular formula is C30H36ClN5O2. The highest BCUT2D eigenvalue weighted by molar-refractivity contribution is 6.30. The number of benzene rings is 2. The van der Waals surface area contributed by atoms with E-state index in [4.69, 9.17) is 11.6 Å². The summed E-state index contributed by atoms with van der Waals surface area (Å²) in [5.41, 5.74) is 2.92. The molecule has 2 aromatic rings. The maximum atomic E-state index is 13.8. The van der Waals surface area contributed by atoms with Crippen LogP contribution in [0.3, 0.4) is 0 Å². The molecule has 7 nitrogen and oxygen atoms in total. The molecule has 2 heterocycles. The minimum atomic E-state index is -0.672. The predicted octanol–water partition coefficient (Wildman–Crippen LogP) is 3.45. The van der Waals surface area contributed by atoms with Crippen LogP contribution in [0.5, 0.6) is 0 Å². The van der Waals surface area contributed by atoms with E-state index >= 15 is 0 Å². The van der Waals surface area contributed by atoms with Crippen LogP contribution in [-0.4, -0.2) is 65.4 Å². The lowest BCUT2D eigenvalue weighted by Crippen LogP contribution is -2.61. The maximum absolute atomic E-state index is 13.8. The van der Waals surface area contributed by atoms with Crippen LogP contribution in [0, 0.1) is 11.3 Å². The molecule has 0 spiro atoms. The Morgan fingerprint density at radius 2 is 1.71 bits per heavy atom. The largest absolute Gasteiger partial charge is 0.343 e. The van der Waals surface area contributed by atoms with Crippen molar-refractivity contribution < 1.29 is 9.59 Å². The van der Waals surface area contributed by atoms with Crippen molar-refractivity contribution in [2.24, 2.45) is 0 Å². The number of carbonyl (C=O) groups is 2. The molecule has 2 amide bonds. The molecule has 2 atom stereocenters. The van der Waals surface area contributed by atoms with E-state index in [0.29, 0.717) is 50.6 Å². The van der Waals surface area contributed by atoms with Crippen LogP contribution in [0.25, 0.3) is 0 Å². The SMILES string of the molecule is N#CC1(N2CCN(C(=O)[C@@H](Cc3ccc(Cl)cc3)NC(=O)[C@H]3Cc4ccccc4CN3)CC2)CCCCC1. The molecule has 2 N–H and O–H groups in total. The van der Waals surface area contributed by atoms with Gasteiger partial charge in [0.05, 0.1) is 12.1 Å². The molecule has 1 saturated heterocycles. The van der Waals surface area contributed by atoms with Gasteiger partial charge < -0.3 is 15.5 Å². The third kappa shape index (κ3) is 5.88. The Bertz CT molecular complexity index is 1180. The van der Waals surface area contributed by atoms with Gasteiger partial charge in [0.1, 0.15) is 11.6 Å². The average Bonchev–Trinajstić information content (AvgIpc) is 2.97. The van der Waals surface area contributed by atoms with E-state index in [1.807, 2.05) is 41.3 Å². The molecule has 2 aliphatic heterocycles. The fraction of sp³-hybridized carbons (Fsp3) is 0.500. The highest BCUT2D eigenvalue weighted by atomic mass is 35.5. The number of fused-ring (bicyclic) bond motifs is 1. The number of hydrogen-bond acceptors (Lipinski definition) is 5. The number of hydrogen-bond donors (Lipinski definition) is 2. The molecule has 8 heteroatoms. The summed E-state index contributed by atoms with van der Waals surface area (Å²) >= 11 is 6.08. The van der Waals surface area contributed by atoms with Crippen molar-refractivity contribution in [2.45, 2.75) is 69.1 Å². The lowest BCUT2D eigenvalue weighted by atomic mass is 9.81. The first-order valence-corrected chi connectivity index (χ1v) is 14.2. The van der Waals surface area contributed by atoms with Crippen molar-refractivity contribution in [1.82, 2.24) is 20.4 Å². The molecular weight excluding hydrogens is 498 g/mol. The van der Waals surface area contributed by atoms with Gasteiger partial charge in [-0.25, -0.2) is 0 Å². The van der Waals surface area contributed by atoms with Gasteiger partial charge in [-0.15, -0.1) is 0 Å². The van der Waals surface area contributed by atoms with Gasteiger partial charge in [0.2, 0.25) is 11.8 Å². The summed E-state index contributed by atoms with van der Waals surface area (Å²) in [6.07, 6.45) is 6.17. The minimum absolute atomic E-state index is 0.0705. The van der Waals surface area contributed by atoms with Gasteiger partial charge in [-0.05, 0) is 48.1 Å². The monoisotopic (exact) mass is 533 g/mol. The Labute approximate surface area is 230 Å². The van der Waals surface area contributed by atoms with E-state index in [1.54, 1.807) is 0 Å². The van der Waals surface area contributed by atoms with Crippen LogP contribution in [-0.2, 0) is 29.0 Å².